The summed E-state index contributed by atoms with van der Waals surface area (Å²) in [6.07, 6.45) is -0.565. The van der Waals surface area contributed by atoms with Crippen LogP contribution in [0.3, 0.4) is 0 Å². The zero-order chi connectivity index (χ0) is 13.4. The number of hydrogen-bond acceptors (Lipinski definition) is 4. The highest BCUT2D eigenvalue weighted by Gasteiger charge is 2.07. The summed E-state index contributed by atoms with van der Waals surface area (Å²) >= 11 is 0. The molecule has 0 saturated heterocycles. The lowest BCUT2D eigenvalue weighted by Gasteiger charge is -2.12. The van der Waals surface area contributed by atoms with Crippen molar-refractivity contribution in [3.8, 4) is 11.5 Å². The maximum absolute atomic E-state index is 11.4. The van der Waals surface area contributed by atoms with Crippen LogP contribution in [-0.4, -0.2) is 36.9 Å². The molecule has 5 nitrogen and oxygen atoms in total. The average Bonchev–Trinajstić information content (AvgIpc) is 2.35. The lowest BCUT2D eigenvalue weighted by molar-refractivity contribution is -0.123. The first-order valence-corrected chi connectivity index (χ1v) is 5.93. The SMILES string of the molecule is CCOc1ccccc1OCC(=O)NCC(C)O. The van der Waals surface area contributed by atoms with Crippen molar-refractivity contribution in [1.29, 1.82) is 0 Å². The molecular weight excluding hydrogens is 234 g/mol. The van der Waals surface area contributed by atoms with Crippen molar-refractivity contribution < 1.29 is 19.4 Å². The zero-order valence-electron chi connectivity index (χ0n) is 10.7. The number of rotatable bonds is 7. The van der Waals surface area contributed by atoms with Crippen LogP contribution in [0.15, 0.2) is 24.3 Å². The Hall–Kier alpha value is -1.75. The van der Waals surface area contributed by atoms with Gasteiger partial charge in [-0.1, -0.05) is 12.1 Å². The molecule has 1 unspecified atom stereocenters. The van der Waals surface area contributed by atoms with Gasteiger partial charge in [0.2, 0.25) is 0 Å². The van der Waals surface area contributed by atoms with Crippen molar-refractivity contribution in [2.75, 3.05) is 19.8 Å². The Balaban J connectivity index is 2.45. The van der Waals surface area contributed by atoms with Crippen molar-refractivity contribution >= 4 is 5.91 Å². The zero-order valence-corrected chi connectivity index (χ0v) is 10.7. The van der Waals surface area contributed by atoms with Crippen LogP contribution in [0, 0.1) is 0 Å². The normalized spacial score (nSPS) is 11.7. The fourth-order valence-corrected chi connectivity index (χ4v) is 1.30. The van der Waals surface area contributed by atoms with Crippen LogP contribution in [0.2, 0.25) is 0 Å². The Morgan fingerprint density at radius 3 is 2.50 bits per heavy atom. The summed E-state index contributed by atoms with van der Waals surface area (Å²) in [5, 5.41) is 11.6. The maximum Gasteiger partial charge on any atom is 0.258 e. The number of benzene rings is 1. The third-order valence-corrected chi connectivity index (χ3v) is 2.10. The molecule has 1 aromatic rings. The maximum atomic E-state index is 11.4. The summed E-state index contributed by atoms with van der Waals surface area (Å²) in [7, 11) is 0. The molecule has 0 saturated carbocycles. The molecule has 18 heavy (non-hydrogen) atoms. The van der Waals surface area contributed by atoms with E-state index >= 15 is 0 Å². The lowest BCUT2D eigenvalue weighted by Crippen LogP contribution is -2.34. The molecule has 0 aliphatic rings. The van der Waals surface area contributed by atoms with Gasteiger partial charge in [0.05, 0.1) is 12.7 Å². The first kappa shape index (κ1) is 14.3. The number of ether oxygens (including phenoxy) is 2. The molecule has 0 heterocycles. The second-order valence-corrected chi connectivity index (χ2v) is 3.82. The van der Waals surface area contributed by atoms with Gasteiger partial charge < -0.3 is 19.9 Å². The molecule has 100 valence electrons. The van der Waals surface area contributed by atoms with Gasteiger partial charge in [-0.05, 0) is 26.0 Å². The molecule has 0 radical (unpaired) electrons. The Morgan fingerprint density at radius 2 is 1.94 bits per heavy atom. The van der Waals surface area contributed by atoms with Crippen LogP contribution >= 0.6 is 0 Å². The molecule has 0 aliphatic heterocycles. The van der Waals surface area contributed by atoms with Gasteiger partial charge in [-0.15, -0.1) is 0 Å². The predicted molar refractivity (Wildman–Crippen MR) is 67.8 cm³/mol. The standard InChI is InChI=1S/C13H19NO4/c1-3-17-11-6-4-5-7-12(11)18-9-13(16)14-8-10(2)15/h4-7,10,15H,3,8-9H2,1-2H3,(H,14,16). The average molecular weight is 253 g/mol. The molecule has 1 atom stereocenters. The minimum absolute atomic E-state index is 0.100. The van der Waals surface area contributed by atoms with Crippen molar-refractivity contribution in [3.63, 3.8) is 0 Å². The van der Waals surface area contributed by atoms with Crippen LogP contribution in [0.5, 0.6) is 11.5 Å². The lowest BCUT2D eigenvalue weighted by atomic mass is 10.3. The quantitative estimate of drug-likeness (QED) is 0.759. The Kier molecular flexibility index (Phi) is 6.00. The summed E-state index contributed by atoms with van der Waals surface area (Å²) in [5.41, 5.74) is 0. The molecule has 0 aromatic heterocycles. The largest absolute Gasteiger partial charge is 0.490 e. The topological polar surface area (TPSA) is 67.8 Å². The monoisotopic (exact) mass is 253 g/mol. The van der Waals surface area contributed by atoms with Crippen molar-refractivity contribution in [2.45, 2.75) is 20.0 Å². The number of hydrogen-bond donors (Lipinski definition) is 2. The highest BCUT2D eigenvalue weighted by atomic mass is 16.5. The molecule has 0 spiro atoms. The number of amides is 1. The number of nitrogens with one attached hydrogen (secondary N) is 1. The van der Waals surface area contributed by atoms with E-state index in [2.05, 4.69) is 5.32 Å². The minimum Gasteiger partial charge on any atom is -0.490 e. The van der Waals surface area contributed by atoms with Gasteiger partial charge in [-0.2, -0.15) is 0 Å². The highest BCUT2D eigenvalue weighted by molar-refractivity contribution is 5.77. The van der Waals surface area contributed by atoms with E-state index in [4.69, 9.17) is 14.6 Å². The highest BCUT2D eigenvalue weighted by Crippen LogP contribution is 2.26. The van der Waals surface area contributed by atoms with Gasteiger partial charge in [0.15, 0.2) is 18.1 Å². The van der Waals surface area contributed by atoms with Crippen molar-refractivity contribution in [1.82, 2.24) is 5.32 Å². The van der Waals surface area contributed by atoms with Gasteiger partial charge in [0.25, 0.3) is 5.91 Å². The van der Waals surface area contributed by atoms with Gasteiger partial charge in [-0.25, -0.2) is 0 Å². The molecule has 1 amide bonds. The van der Waals surface area contributed by atoms with E-state index < -0.39 is 6.10 Å². The van der Waals surface area contributed by atoms with Gasteiger partial charge in [-0.3, -0.25) is 4.79 Å². The van der Waals surface area contributed by atoms with Crippen LogP contribution in [-0.2, 0) is 4.79 Å². The van der Waals surface area contributed by atoms with E-state index in [-0.39, 0.29) is 19.1 Å². The fraction of sp³-hybridized carbons (Fsp3) is 0.462. The molecule has 5 heteroatoms. The van der Waals surface area contributed by atoms with Gasteiger partial charge >= 0.3 is 0 Å². The third kappa shape index (κ3) is 5.05. The van der Waals surface area contributed by atoms with Gasteiger partial charge in [0.1, 0.15) is 0 Å². The Morgan fingerprint density at radius 1 is 1.33 bits per heavy atom. The second kappa shape index (κ2) is 7.55. The van der Waals surface area contributed by atoms with E-state index in [1.165, 1.54) is 0 Å². The van der Waals surface area contributed by atoms with Crippen LogP contribution in [0.25, 0.3) is 0 Å². The number of aliphatic hydroxyl groups is 1. The van der Waals surface area contributed by atoms with Crippen LogP contribution < -0.4 is 14.8 Å². The Labute approximate surface area is 107 Å². The summed E-state index contributed by atoms with van der Waals surface area (Å²) in [5.74, 6) is 0.872. The molecule has 1 aromatic carbocycles. The van der Waals surface area contributed by atoms with E-state index in [0.29, 0.717) is 18.1 Å². The number of carbonyl (C=O) groups excluding carboxylic acids is 1. The predicted octanol–water partition coefficient (Wildman–Crippen LogP) is 0.961. The molecule has 0 aliphatic carbocycles. The first-order valence-electron chi connectivity index (χ1n) is 5.93. The molecule has 2 N–H and O–H groups in total. The van der Waals surface area contributed by atoms with Crippen LogP contribution in [0.1, 0.15) is 13.8 Å². The minimum atomic E-state index is -0.565. The number of carbonyl (C=O) groups is 1. The second-order valence-electron chi connectivity index (χ2n) is 3.82. The smallest absolute Gasteiger partial charge is 0.258 e. The summed E-state index contributed by atoms with van der Waals surface area (Å²) in [6.45, 7) is 4.14. The molecule has 0 fully saturated rings. The summed E-state index contributed by atoms with van der Waals surface area (Å²) in [4.78, 5) is 11.4. The molecule has 1 rings (SSSR count). The Bertz CT molecular complexity index is 379. The fourth-order valence-electron chi connectivity index (χ4n) is 1.30. The van der Waals surface area contributed by atoms with Crippen molar-refractivity contribution in [3.05, 3.63) is 24.3 Å². The van der Waals surface area contributed by atoms with E-state index in [0.717, 1.165) is 0 Å². The number of aliphatic hydroxyl groups excluding tert-OH is 1. The van der Waals surface area contributed by atoms with Crippen LogP contribution in [0.4, 0.5) is 0 Å². The van der Waals surface area contributed by atoms with E-state index in [1.54, 1.807) is 19.1 Å². The van der Waals surface area contributed by atoms with E-state index in [1.807, 2.05) is 19.1 Å². The summed E-state index contributed by atoms with van der Waals surface area (Å²) < 4.78 is 10.7. The number of para-hydroxylation sites is 2. The van der Waals surface area contributed by atoms with E-state index in [9.17, 15) is 4.79 Å². The molecule has 0 bridgehead atoms. The van der Waals surface area contributed by atoms with Crippen molar-refractivity contribution in [2.24, 2.45) is 0 Å². The van der Waals surface area contributed by atoms with Gasteiger partial charge in [0, 0.05) is 6.54 Å². The molecular formula is C13H19NO4. The third-order valence-electron chi connectivity index (χ3n) is 2.10. The first-order chi connectivity index (χ1) is 8.63. The summed E-state index contributed by atoms with van der Waals surface area (Å²) in [6, 6.07) is 7.18.